The van der Waals surface area contributed by atoms with Crippen molar-refractivity contribution in [2.75, 3.05) is 0 Å². The minimum atomic E-state index is 0.0268. The third-order valence-electron chi connectivity index (χ3n) is 2.48. The summed E-state index contributed by atoms with van der Waals surface area (Å²) >= 11 is 0. The lowest BCUT2D eigenvalue weighted by molar-refractivity contribution is 0.595. The zero-order chi connectivity index (χ0) is 12.2. The lowest BCUT2D eigenvalue weighted by atomic mass is 10.1. The number of rotatable bonds is 9. The predicted octanol–water partition coefficient (Wildman–Crippen LogP) is 2.78. The average molecular weight is 226 g/mol. The fourth-order valence-electron chi connectivity index (χ4n) is 1.53. The Morgan fingerprint density at radius 3 is 2.00 bits per heavy atom. The van der Waals surface area contributed by atoms with Gasteiger partial charge in [0.25, 0.3) is 0 Å². The van der Waals surface area contributed by atoms with Crippen molar-refractivity contribution in [2.24, 2.45) is 21.7 Å². The molecule has 0 rings (SSSR count). The van der Waals surface area contributed by atoms with Gasteiger partial charge in [0.2, 0.25) is 5.96 Å². The van der Waals surface area contributed by atoms with Crippen molar-refractivity contribution >= 4 is 11.7 Å². The molecule has 0 aromatic rings. The summed E-state index contributed by atoms with van der Waals surface area (Å²) in [6.45, 7) is 4.20. The normalized spacial score (nSPS) is 11.5. The van der Waals surface area contributed by atoms with E-state index in [2.05, 4.69) is 17.1 Å². The monoisotopic (exact) mass is 226 g/mol. The second-order valence-corrected chi connectivity index (χ2v) is 4.23. The van der Waals surface area contributed by atoms with Gasteiger partial charge in [-0.1, -0.05) is 45.4 Å². The number of nitrogens with zero attached hydrogens (tertiary/aromatic N) is 2. The molecule has 0 saturated carbocycles. The van der Waals surface area contributed by atoms with E-state index < -0.39 is 0 Å². The second kappa shape index (κ2) is 10.5. The SMILES string of the molecule is CCCCCCCCC/C(C)=N/N=C(N)N. The molecule has 4 N–H and O–H groups in total. The number of hydrogen-bond donors (Lipinski definition) is 2. The fourth-order valence-corrected chi connectivity index (χ4v) is 1.53. The first-order valence-electron chi connectivity index (χ1n) is 6.29. The van der Waals surface area contributed by atoms with E-state index in [0.717, 1.165) is 12.1 Å². The molecule has 0 saturated heterocycles. The van der Waals surface area contributed by atoms with Crippen LogP contribution in [-0.4, -0.2) is 11.7 Å². The lowest BCUT2D eigenvalue weighted by Gasteiger charge is -2.00. The van der Waals surface area contributed by atoms with Crippen LogP contribution in [0.1, 0.15) is 65.2 Å². The summed E-state index contributed by atoms with van der Waals surface area (Å²) < 4.78 is 0. The van der Waals surface area contributed by atoms with Gasteiger partial charge in [-0.15, -0.1) is 5.10 Å². The van der Waals surface area contributed by atoms with Crippen LogP contribution in [0, 0.1) is 0 Å². The van der Waals surface area contributed by atoms with Gasteiger partial charge in [-0.25, -0.2) is 0 Å². The van der Waals surface area contributed by atoms with Crippen molar-refractivity contribution in [1.82, 2.24) is 0 Å². The Balaban J connectivity index is 3.37. The first kappa shape index (κ1) is 14.9. The first-order chi connectivity index (χ1) is 7.66. The molecule has 0 bridgehead atoms. The van der Waals surface area contributed by atoms with Gasteiger partial charge in [0.15, 0.2) is 0 Å². The summed E-state index contributed by atoms with van der Waals surface area (Å²) in [5, 5.41) is 7.55. The van der Waals surface area contributed by atoms with Crippen molar-refractivity contribution < 1.29 is 0 Å². The Bertz CT molecular complexity index is 217. The molecule has 0 unspecified atom stereocenters. The molecule has 0 aliphatic carbocycles. The molecule has 4 nitrogen and oxygen atoms in total. The first-order valence-corrected chi connectivity index (χ1v) is 6.29. The van der Waals surface area contributed by atoms with Crippen molar-refractivity contribution in [3.8, 4) is 0 Å². The number of hydrogen-bond acceptors (Lipinski definition) is 2. The van der Waals surface area contributed by atoms with Gasteiger partial charge in [0.05, 0.1) is 0 Å². The minimum Gasteiger partial charge on any atom is -0.369 e. The molecule has 0 radical (unpaired) electrons. The minimum absolute atomic E-state index is 0.0268. The van der Waals surface area contributed by atoms with Crippen LogP contribution in [0.4, 0.5) is 0 Å². The molecule has 0 amide bonds. The maximum atomic E-state index is 5.18. The Kier molecular flexibility index (Phi) is 9.76. The largest absolute Gasteiger partial charge is 0.369 e. The Hall–Kier alpha value is -1.06. The average Bonchev–Trinajstić information content (AvgIpc) is 2.25. The lowest BCUT2D eigenvalue weighted by Crippen LogP contribution is -2.22. The number of guanidine groups is 1. The van der Waals surface area contributed by atoms with Gasteiger partial charge >= 0.3 is 0 Å². The fraction of sp³-hybridized carbons (Fsp3) is 0.833. The van der Waals surface area contributed by atoms with Gasteiger partial charge < -0.3 is 11.5 Å². The van der Waals surface area contributed by atoms with Crippen molar-refractivity contribution in [3.63, 3.8) is 0 Å². The van der Waals surface area contributed by atoms with Crippen LogP contribution in [0.5, 0.6) is 0 Å². The van der Waals surface area contributed by atoms with Crippen molar-refractivity contribution in [1.29, 1.82) is 0 Å². The van der Waals surface area contributed by atoms with E-state index in [1.807, 2.05) is 6.92 Å². The molecule has 4 heteroatoms. The van der Waals surface area contributed by atoms with Gasteiger partial charge in [-0.3, -0.25) is 0 Å². The zero-order valence-electron chi connectivity index (χ0n) is 10.7. The summed E-state index contributed by atoms with van der Waals surface area (Å²) in [6.07, 6.45) is 10.2. The summed E-state index contributed by atoms with van der Waals surface area (Å²) in [7, 11) is 0. The highest BCUT2D eigenvalue weighted by Gasteiger charge is 1.94. The topological polar surface area (TPSA) is 76.8 Å². The van der Waals surface area contributed by atoms with Crippen LogP contribution < -0.4 is 11.5 Å². The van der Waals surface area contributed by atoms with E-state index in [1.54, 1.807) is 0 Å². The highest BCUT2D eigenvalue weighted by molar-refractivity contribution is 5.83. The molecular weight excluding hydrogens is 200 g/mol. The Labute approximate surface area is 99.2 Å². The van der Waals surface area contributed by atoms with Gasteiger partial charge in [-0.2, -0.15) is 5.10 Å². The zero-order valence-corrected chi connectivity index (χ0v) is 10.7. The molecular formula is C12H26N4. The van der Waals surface area contributed by atoms with Crippen molar-refractivity contribution in [3.05, 3.63) is 0 Å². The number of nitrogens with two attached hydrogens (primary N) is 2. The van der Waals surface area contributed by atoms with Crippen LogP contribution in [0.25, 0.3) is 0 Å². The molecule has 94 valence electrons. The summed E-state index contributed by atoms with van der Waals surface area (Å²) in [5.41, 5.74) is 11.4. The van der Waals surface area contributed by atoms with Crippen molar-refractivity contribution in [2.45, 2.75) is 65.2 Å². The smallest absolute Gasteiger partial charge is 0.211 e. The summed E-state index contributed by atoms with van der Waals surface area (Å²) in [6, 6.07) is 0. The molecule has 0 aromatic heterocycles. The van der Waals surface area contributed by atoms with Gasteiger partial charge in [0, 0.05) is 5.71 Å². The maximum Gasteiger partial charge on any atom is 0.211 e. The maximum absolute atomic E-state index is 5.18. The van der Waals surface area contributed by atoms with E-state index in [-0.39, 0.29) is 5.96 Å². The molecule has 0 aromatic carbocycles. The highest BCUT2D eigenvalue weighted by Crippen LogP contribution is 2.08. The highest BCUT2D eigenvalue weighted by atomic mass is 15.3. The quantitative estimate of drug-likeness (QED) is 0.274. The Morgan fingerprint density at radius 1 is 0.875 bits per heavy atom. The van der Waals surface area contributed by atoms with Crippen LogP contribution in [0.3, 0.4) is 0 Å². The molecule has 0 aliphatic rings. The van der Waals surface area contributed by atoms with E-state index in [4.69, 9.17) is 11.5 Å². The van der Waals surface area contributed by atoms with E-state index in [1.165, 1.54) is 44.9 Å². The third-order valence-corrected chi connectivity index (χ3v) is 2.48. The van der Waals surface area contributed by atoms with E-state index in [9.17, 15) is 0 Å². The van der Waals surface area contributed by atoms with Crippen LogP contribution in [-0.2, 0) is 0 Å². The summed E-state index contributed by atoms with van der Waals surface area (Å²) in [5.74, 6) is 0.0268. The summed E-state index contributed by atoms with van der Waals surface area (Å²) in [4.78, 5) is 0. The number of unbranched alkanes of at least 4 members (excludes halogenated alkanes) is 6. The molecule has 0 spiro atoms. The van der Waals surface area contributed by atoms with Gasteiger partial charge in [-0.05, 0) is 19.8 Å². The van der Waals surface area contributed by atoms with Crippen LogP contribution in [0.15, 0.2) is 10.2 Å². The van der Waals surface area contributed by atoms with Gasteiger partial charge in [0.1, 0.15) is 0 Å². The third kappa shape index (κ3) is 11.0. The molecule has 16 heavy (non-hydrogen) atoms. The van der Waals surface area contributed by atoms with E-state index in [0.29, 0.717) is 0 Å². The Morgan fingerprint density at radius 2 is 1.44 bits per heavy atom. The van der Waals surface area contributed by atoms with Crippen LogP contribution >= 0.6 is 0 Å². The van der Waals surface area contributed by atoms with Crippen LogP contribution in [0.2, 0.25) is 0 Å². The van der Waals surface area contributed by atoms with E-state index >= 15 is 0 Å². The molecule has 0 heterocycles. The predicted molar refractivity (Wildman–Crippen MR) is 71.5 cm³/mol. The molecule has 0 fully saturated rings. The standard InChI is InChI=1S/C12H26N4/c1-3-4-5-6-7-8-9-10-11(2)15-16-12(13)14/h3-10H2,1-2H3,(H4,13,14,16)/b15-11+. The molecule has 0 atom stereocenters. The molecule has 0 aliphatic heterocycles. The second-order valence-electron chi connectivity index (χ2n) is 4.23.